The van der Waals surface area contributed by atoms with E-state index in [1.165, 1.54) is 18.2 Å². The van der Waals surface area contributed by atoms with Crippen LogP contribution in [0.4, 0.5) is 4.39 Å². The maximum absolute atomic E-state index is 13.5. The zero-order valence-corrected chi connectivity index (χ0v) is 10.9. The van der Waals surface area contributed by atoms with Gasteiger partial charge < -0.3 is 5.11 Å². The lowest BCUT2D eigenvalue weighted by Crippen LogP contribution is -2.30. The van der Waals surface area contributed by atoms with Crippen molar-refractivity contribution in [2.24, 2.45) is 11.3 Å². The zero-order chi connectivity index (χ0) is 13.2. The molecule has 94 valence electrons. The number of halogens is 2. The van der Waals surface area contributed by atoms with Crippen molar-refractivity contribution in [3.8, 4) is 0 Å². The van der Waals surface area contributed by atoms with Gasteiger partial charge in [0.25, 0.3) is 0 Å². The molecule has 17 heavy (non-hydrogen) atoms. The second-order valence-electron chi connectivity index (χ2n) is 5.20. The average Bonchev–Trinajstić information content (AvgIpc) is 2.17. The second kappa shape index (κ2) is 5.05. The molecule has 1 unspecified atom stereocenters. The van der Waals surface area contributed by atoms with Crippen molar-refractivity contribution in [1.29, 1.82) is 0 Å². The second-order valence-corrected chi connectivity index (χ2v) is 5.63. The summed E-state index contributed by atoms with van der Waals surface area (Å²) in [5.41, 5.74) is -0.0829. The van der Waals surface area contributed by atoms with Gasteiger partial charge in [0.1, 0.15) is 5.82 Å². The first-order chi connectivity index (χ1) is 7.71. The molecule has 1 N–H and O–H groups in total. The highest BCUT2D eigenvalue weighted by Gasteiger charge is 2.31. The molecule has 0 aromatic heterocycles. The van der Waals surface area contributed by atoms with E-state index in [1.807, 2.05) is 20.8 Å². The van der Waals surface area contributed by atoms with E-state index in [2.05, 4.69) is 0 Å². The van der Waals surface area contributed by atoms with Crippen LogP contribution in [0.1, 0.15) is 26.3 Å². The van der Waals surface area contributed by atoms with E-state index in [1.54, 1.807) is 0 Å². The summed E-state index contributed by atoms with van der Waals surface area (Å²) < 4.78 is 13.5. The van der Waals surface area contributed by atoms with Gasteiger partial charge in [0, 0.05) is 5.02 Å². The molecule has 0 heterocycles. The largest absolute Gasteiger partial charge is 0.481 e. The highest BCUT2D eigenvalue weighted by Crippen LogP contribution is 2.30. The summed E-state index contributed by atoms with van der Waals surface area (Å²) in [7, 11) is 0. The van der Waals surface area contributed by atoms with Crippen molar-refractivity contribution in [3.63, 3.8) is 0 Å². The van der Waals surface area contributed by atoms with Gasteiger partial charge in [-0.15, -0.1) is 0 Å². The Morgan fingerprint density at radius 3 is 2.53 bits per heavy atom. The minimum absolute atomic E-state index is 0.144. The molecule has 4 heteroatoms. The standard InChI is InChI=1S/C13H16ClFO2/c1-13(2,3)10(12(16)17)7-8-6-9(14)4-5-11(8)15/h4-6,10H,7H2,1-3H3,(H,16,17). The monoisotopic (exact) mass is 258 g/mol. The number of carboxylic acids is 1. The average molecular weight is 259 g/mol. The summed E-state index contributed by atoms with van der Waals surface area (Å²) in [5, 5.41) is 9.59. The van der Waals surface area contributed by atoms with Crippen LogP contribution in [-0.4, -0.2) is 11.1 Å². The summed E-state index contributed by atoms with van der Waals surface area (Å²) in [6.07, 6.45) is 0.144. The maximum Gasteiger partial charge on any atom is 0.307 e. The molecule has 0 spiro atoms. The third-order valence-corrected chi connectivity index (χ3v) is 3.01. The van der Waals surface area contributed by atoms with E-state index < -0.39 is 23.1 Å². The Kier molecular flexibility index (Phi) is 4.15. The van der Waals surface area contributed by atoms with Crippen LogP contribution in [0.5, 0.6) is 0 Å². The van der Waals surface area contributed by atoms with Gasteiger partial charge >= 0.3 is 5.97 Å². The number of carboxylic acid groups (broad SMARTS) is 1. The molecule has 0 fully saturated rings. The van der Waals surface area contributed by atoms with Crippen LogP contribution in [0.3, 0.4) is 0 Å². The topological polar surface area (TPSA) is 37.3 Å². The van der Waals surface area contributed by atoms with Crippen LogP contribution < -0.4 is 0 Å². The normalized spacial score (nSPS) is 13.5. The Hall–Kier alpha value is -1.09. The van der Waals surface area contributed by atoms with Crippen molar-refractivity contribution < 1.29 is 14.3 Å². The van der Waals surface area contributed by atoms with Gasteiger partial charge in [-0.1, -0.05) is 32.4 Å². The van der Waals surface area contributed by atoms with Crippen LogP contribution >= 0.6 is 11.6 Å². The highest BCUT2D eigenvalue weighted by atomic mass is 35.5. The predicted molar refractivity (Wildman–Crippen MR) is 65.7 cm³/mol. The minimum Gasteiger partial charge on any atom is -0.481 e. The van der Waals surface area contributed by atoms with Crippen LogP contribution in [0.15, 0.2) is 18.2 Å². The molecule has 1 aromatic carbocycles. The SMILES string of the molecule is CC(C)(C)C(Cc1cc(Cl)ccc1F)C(=O)O. The lowest BCUT2D eigenvalue weighted by molar-refractivity contribution is -0.145. The summed E-state index contributed by atoms with van der Waals surface area (Å²) in [5.74, 6) is -1.97. The van der Waals surface area contributed by atoms with Crippen molar-refractivity contribution >= 4 is 17.6 Å². The molecule has 0 saturated carbocycles. The molecule has 0 aliphatic rings. The molecule has 0 saturated heterocycles. The molecule has 1 atom stereocenters. The van der Waals surface area contributed by atoms with Crippen molar-refractivity contribution in [1.82, 2.24) is 0 Å². The van der Waals surface area contributed by atoms with Gasteiger partial charge in [-0.2, -0.15) is 0 Å². The molecule has 0 aliphatic heterocycles. The number of hydrogen-bond donors (Lipinski definition) is 1. The van der Waals surface area contributed by atoms with Gasteiger partial charge in [0.15, 0.2) is 0 Å². The van der Waals surface area contributed by atoms with Crippen LogP contribution in [0.25, 0.3) is 0 Å². The van der Waals surface area contributed by atoms with Crippen LogP contribution in [0, 0.1) is 17.2 Å². The van der Waals surface area contributed by atoms with E-state index in [9.17, 15) is 14.3 Å². The van der Waals surface area contributed by atoms with Crippen molar-refractivity contribution in [3.05, 3.63) is 34.6 Å². The number of aliphatic carboxylic acids is 1. The predicted octanol–water partition coefficient (Wildman–Crippen LogP) is 3.77. The Morgan fingerprint density at radius 2 is 2.06 bits per heavy atom. The van der Waals surface area contributed by atoms with Gasteiger partial charge in [-0.25, -0.2) is 4.39 Å². The van der Waals surface area contributed by atoms with Crippen molar-refractivity contribution in [2.45, 2.75) is 27.2 Å². The third kappa shape index (κ3) is 3.70. The first kappa shape index (κ1) is 14.0. The van der Waals surface area contributed by atoms with Crippen molar-refractivity contribution in [2.75, 3.05) is 0 Å². The van der Waals surface area contributed by atoms with E-state index in [4.69, 9.17) is 11.6 Å². The molecule has 0 amide bonds. The highest BCUT2D eigenvalue weighted by molar-refractivity contribution is 6.30. The van der Waals surface area contributed by atoms with Crippen LogP contribution in [-0.2, 0) is 11.2 Å². The Balaban J connectivity index is 3.02. The maximum atomic E-state index is 13.5. The molecule has 0 radical (unpaired) electrons. The summed E-state index contributed by atoms with van der Waals surface area (Å²) >= 11 is 5.78. The molecular formula is C13H16ClFO2. The summed E-state index contributed by atoms with van der Waals surface area (Å²) in [6.45, 7) is 5.48. The van der Waals surface area contributed by atoms with Gasteiger partial charge in [0.2, 0.25) is 0 Å². The third-order valence-electron chi connectivity index (χ3n) is 2.78. The quantitative estimate of drug-likeness (QED) is 0.896. The summed E-state index contributed by atoms with van der Waals surface area (Å²) in [6, 6.07) is 4.20. The number of benzene rings is 1. The van der Waals surface area contributed by atoms with E-state index >= 15 is 0 Å². The zero-order valence-electron chi connectivity index (χ0n) is 10.1. The molecule has 1 aromatic rings. The first-order valence-electron chi connectivity index (χ1n) is 5.38. The Bertz CT molecular complexity index is 424. The van der Waals surface area contributed by atoms with E-state index in [-0.39, 0.29) is 6.42 Å². The molecule has 1 rings (SSSR count). The number of hydrogen-bond acceptors (Lipinski definition) is 1. The first-order valence-corrected chi connectivity index (χ1v) is 5.76. The number of carbonyl (C=O) groups is 1. The molecule has 2 nitrogen and oxygen atoms in total. The number of rotatable bonds is 3. The van der Waals surface area contributed by atoms with Gasteiger partial charge in [0.05, 0.1) is 5.92 Å². The summed E-state index contributed by atoms with van der Waals surface area (Å²) in [4.78, 5) is 11.2. The minimum atomic E-state index is -0.920. The smallest absolute Gasteiger partial charge is 0.307 e. The lowest BCUT2D eigenvalue weighted by atomic mass is 9.77. The fourth-order valence-electron chi connectivity index (χ4n) is 1.68. The van der Waals surface area contributed by atoms with Crippen LogP contribution in [0.2, 0.25) is 5.02 Å². The van der Waals surface area contributed by atoms with E-state index in [0.717, 1.165) is 0 Å². The van der Waals surface area contributed by atoms with Gasteiger partial charge in [-0.3, -0.25) is 4.79 Å². The molecule has 0 bridgehead atoms. The molecule has 0 aliphatic carbocycles. The molecular weight excluding hydrogens is 243 g/mol. The fourth-order valence-corrected chi connectivity index (χ4v) is 1.88. The Labute approximate surface area is 105 Å². The fraction of sp³-hybridized carbons (Fsp3) is 0.462. The Morgan fingerprint density at radius 1 is 1.47 bits per heavy atom. The van der Waals surface area contributed by atoms with Gasteiger partial charge in [-0.05, 0) is 35.6 Å². The lowest BCUT2D eigenvalue weighted by Gasteiger charge is -2.27. The van der Waals surface area contributed by atoms with E-state index in [0.29, 0.717) is 10.6 Å².